The van der Waals surface area contributed by atoms with E-state index in [4.69, 9.17) is 16.0 Å². The number of aromatic nitrogens is 3. The Hall–Kier alpha value is -2.56. The van der Waals surface area contributed by atoms with Gasteiger partial charge in [-0.2, -0.15) is 4.98 Å². The molecule has 0 aliphatic heterocycles. The fourth-order valence-corrected chi connectivity index (χ4v) is 3.95. The van der Waals surface area contributed by atoms with Crippen molar-refractivity contribution in [3.63, 3.8) is 0 Å². The van der Waals surface area contributed by atoms with Crippen LogP contribution in [0.5, 0.6) is 0 Å². The molecule has 1 aliphatic rings. The lowest BCUT2D eigenvalue weighted by Gasteiger charge is -2.25. The van der Waals surface area contributed by atoms with Gasteiger partial charge in [0.25, 0.3) is 0 Å². The summed E-state index contributed by atoms with van der Waals surface area (Å²) in [5, 5.41) is 6.38. The third kappa shape index (κ3) is 5.57. The Morgan fingerprint density at radius 2 is 2.06 bits per heavy atom. The van der Waals surface area contributed by atoms with Crippen LogP contribution in [0.4, 0.5) is 10.2 Å². The van der Waals surface area contributed by atoms with Gasteiger partial charge in [0, 0.05) is 12.2 Å². The number of fused-ring (bicyclic) bond motifs is 1. The Morgan fingerprint density at radius 3 is 2.74 bits per heavy atom. The molecule has 4 rings (SSSR count). The summed E-state index contributed by atoms with van der Waals surface area (Å²) >= 11 is 6.15. The monoisotopic (exact) mass is 445 g/mol. The highest BCUT2D eigenvalue weighted by Crippen LogP contribution is 2.30. The van der Waals surface area contributed by atoms with Crippen LogP contribution in [0, 0.1) is 11.8 Å². The van der Waals surface area contributed by atoms with Crippen LogP contribution >= 0.6 is 11.6 Å². The third-order valence-corrected chi connectivity index (χ3v) is 5.30. The second kappa shape index (κ2) is 11.2. The molecule has 1 fully saturated rings. The molecule has 3 heterocycles. The Morgan fingerprint density at radius 1 is 1.29 bits per heavy atom. The van der Waals surface area contributed by atoms with E-state index in [1.165, 1.54) is 11.0 Å². The van der Waals surface area contributed by atoms with Gasteiger partial charge in [0.1, 0.15) is 16.8 Å². The van der Waals surface area contributed by atoms with Crippen LogP contribution in [0.2, 0.25) is 5.28 Å². The number of nitrogens with zero attached hydrogens (tertiary/aromatic N) is 3. The molecule has 0 saturated heterocycles. The molecule has 3 aromatic rings. The summed E-state index contributed by atoms with van der Waals surface area (Å²) in [4.78, 5) is 8.63. The van der Waals surface area contributed by atoms with E-state index in [0.717, 1.165) is 31.4 Å². The summed E-state index contributed by atoms with van der Waals surface area (Å²) in [6.45, 7) is 6.12. The number of halogens is 2. The van der Waals surface area contributed by atoms with Crippen molar-refractivity contribution in [1.82, 2.24) is 19.9 Å². The molecular weight excluding hydrogens is 417 g/mol. The summed E-state index contributed by atoms with van der Waals surface area (Å²) in [7, 11) is 0. The lowest BCUT2D eigenvalue weighted by atomic mass is 9.96. The first-order valence-corrected chi connectivity index (χ1v) is 11.2. The highest BCUT2D eigenvalue weighted by Gasteiger charge is 2.23. The lowest BCUT2D eigenvalue weighted by molar-refractivity contribution is 0.156. The van der Waals surface area contributed by atoms with Crippen molar-refractivity contribution in [3.8, 4) is 11.8 Å². The Labute approximate surface area is 187 Å². The number of rotatable bonds is 6. The highest BCUT2D eigenvalue weighted by molar-refractivity contribution is 6.28. The number of hydrogen-bond donors (Lipinski definition) is 2. The van der Waals surface area contributed by atoms with E-state index in [1.54, 1.807) is 19.4 Å². The van der Waals surface area contributed by atoms with Crippen molar-refractivity contribution < 1.29 is 8.81 Å². The molecule has 1 unspecified atom stereocenters. The van der Waals surface area contributed by atoms with Crippen molar-refractivity contribution in [2.75, 3.05) is 5.32 Å². The second-order valence-electron chi connectivity index (χ2n) is 7.13. The minimum Gasteiger partial charge on any atom is -0.467 e. The van der Waals surface area contributed by atoms with E-state index in [0.29, 0.717) is 29.0 Å². The van der Waals surface area contributed by atoms with Gasteiger partial charge < -0.3 is 9.73 Å². The molecule has 1 saturated carbocycles. The minimum atomic E-state index is -1.41. The maximum Gasteiger partial charge on any atom is 0.231 e. The first-order valence-electron chi connectivity index (χ1n) is 10.8. The summed E-state index contributed by atoms with van der Waals surface area (Å²) in [5.41, 5.74) is 1.66. The van der Waals surface area contributed by atoms with E-state index in [2.05, 4.69) is 32.4 Å². The molecule has 1 atom stereocenters. The van der Waals surface area contributed by atoms with E-state index < -0.39 is 6.42 Å². The number of anilines is 1. The first-order chi connectivity index (χ1) is 15.2. The molecule has 166 valence electrons. The van der Waals surface area contributed by atoms with Gasteiger partial charge in [0.15, 0.2) is 5.82 Å². The molecule has 2 N–H and O–H groups in total. The highest BCUT2D eigenvalue weighted by atomic mass is 35.5. The van der Waals surface area contributed by atoms with Crippen LogP contribution in [0.1, 0.15) is 70.6 Å². The first kappa shape index (κ1) is 23.1. The Kier molecular flexibility index (Phi) is 8.33. The lowest BCUT2D eigenvalue weighted by Crippen LogP contribution is -2.35. The Balaban J connectivity index is 0.00000132. The zero-order valence-corrected chi connectivity index (χ0v) is 19.0. The number of nitrogens with one attached hydrogen (secondary N) is 2. The molecule has 31 heavy (non-hydrogen) atoms. The number of furan rings is 1. The van der Waals surface area contributed by atoms with Crippen LogP contribution in [-0.4, -0.2) is 20.6 Å². The molecule has 6 nitrogen and oxygen atoms in total. The minimum absolute atomic E-state index is 0.0759. The summed E-state index contributed by atoms with van der Waals surface area (Å²) in [6.07, 6.45) is 7.27. The maximum atomic E-state index is 15.4. The van der Waals surface area contributed by atoms with Crippen molar-refractivity contribution in [1.29, 1.82) is 0 Å². The topological polar surface area (TPSA) is 67.9 Å². The largest absolute Gasteiger partial charge is 0.467 e. The van der Waals surface area contributed by atoms with Gasteiger partial charge in [0.2, 0.25) is 11.7 Å². The van der Waals surface area contributed by atoms with Gasteiger partial charge in [-0.3, -0.25) is 9.88 Å². The van der Waals surface area contributed by atoms with Crippen molar-refractivity contribution >= 4 is 28.5 Å². The average molecular weight is 446 g/mol. The standard InChI is InChI=1S/C21H23ClFN5O.C2H6/c1-2-7-14-13-28(21(23)25-15-8-4-3-5-9-15)18-17(14)26-20(22)27-19(18)24-12-16-10-6-11-29-16;1-2/h6,10-11,13,15,21,25H,3-5,8-9,12H2,1H3,(H,24,26,27);1-2H3. The predicted molar refractivity (Wildman–Crippen MR) is 123 cm³/mol. The van der Waals surface area contributed by atoms with Gasteiger partial charge in [-0.15, -0.1) is 5.92 Å². The van der Waals surface area contributed by atoms with Gasteiger partial charge in [-0.25, -0.2) is 9.37 Å². The van der Waals surface area contributed by atoms with Crippen molar-refractivity contribution in [2.45, 2.75) is 71.9 Å². The second-order valence-corrected chi connectivity index (χ2v) is 7.47. The molecule has 0 bridgehead atoms. The van der Waals surface area contributed by atoms with Gasteiger partial charge in [-0.05, 0) is 43.5 Å². The fourth-order valence-electron chi connectivity index (χ4n) is 3.78. The molecule has 0 amide bonds. The molecule has 0 spiro atoms. The smallest absolute Gasteiger partial charge is 0.231 e. The van der Waals surface area contributed by atoms with Crippen molar-refractivity contribution in [2.24, 2.45) is 0 Å². The number of hydrogen-bond acceptors (Lipinski definition) is 5. The van der Waals surface area contributed by atoms with Gasteiger partial charge in [0.05, 0.1) is 18.4 Å². The van der Waals surface area contributed by atoms with Crippen LogP contribution in [0.3, 0.4) is 0 Å². The fraction of sp³-hybridized carbons (Fsp3) is 0.478. The maximum absolute atomic E-state index is 15.4. The van der Waals surface area contributed by atoms with Crippen LogP contribution in [0.25, 0.3) is 11.0 Å². The Bertz CT molecular complexity index is 1030. The molecule has 0 aromatic carbocycles. The van der Waals surface area contributed by atoms with E-state index in [9.17, 15) is 0 Å². The van der Waals surface area contributed by atoms with Crippen LogP contribution in [-0.2, 0) is 6.54 Å². The van der Waals surface area contributed by atoms with Crippen molar-refractivity contribution in [3.05, 3.63) is 41.2 Å². The van der Waals surface area contributed by atoms with Gasteiger partial charge >= 0.3 is 0 Å². The third-order valence-electron chi connectivity index (χ3n) is 5.13. The molecule has 3 aromatic heterocycles. The zero-order valence-electron chi connectivity index (χ0n) is 18.2. The number of alkyl halides is 1. The predicted octanol–water partition coefficient (Wildman–Crippen LogP) is 6.04. The molecular formula is C23H29ClFN5O. The summed E-state index contributed by atoms with van der Waals surface area (Å²) in [5.74, 6) is 7.02. The summed E-state index contributed by atoms with van der Waals surface area (Å²) < 4.78 is 22.2. The molecule has 1 aliphatic carbocycles. The van der Waals surface area contributed by atoms with E-state index in [-0.39, 0.29) is 11.3 Å². The quantitative estimate of drug-likeness (QED) is 0.275. The normalized spacial score (nSPS) is 15.0. The van der Waals surface area contributed by atoms with E-state index in [1.807, 2.05) is 26.0 Å². The average Bonchev–Trinajstić information content (AvgIpc) is 3.43. The molecule has 0 radical (unpaired) electrons. The van der Waals surface area contributed by atoms with Crippen LogP contribution in [0.15, 0.2) is 29.0 Å². The zero-order chi connectivity index (χ0) is 22.2. The van der Waals surface area contributed by atoms with E-state index >= 15 is 4.39 Å². The van der Waals surface area contributed by atoms with Crippen LogP contribution < -0.4 is 10.6 Å². The molecule has 8 heteroatoms. The summed E-state index contributed by atoms with van der Waals surface area (Å²) in [6, 6.07) is 3.82. The SMILES string of the molecule is CC.CC#Cc1cn(C(F)NC2CCCCC2)c2c(NCc3ccco3)nc(Cl)nc12. The van der Waals surface area contributed by atoms with Gasteiger partial charge in [-0.1, -0.05) is 39.0 Å².